The Balaban J connectivity index is 1.21. The molecule has 0 spiro atoms. The summed E-state index contributed by atoms with van der Waals surface area (Å²) in [7, 11) is 0. The molecule has 4 aromatic carbocycles. The highest BCUT2D eigenvalue weighted by atomic mass is 16.4. The summed E-state index contributed by atoms with van der Waals surface area (Å²) >= 11 is 0. The number of fused-ring (bicyclic) bond motifs is 1. The molecule has 0 aliphatic heterocycles. The first-order valence-corrected chi connectivity index (χ1v) is 13.9. The van der Waals surface area contributed by atoms with Gasteiger partial charge in [0, 0.05) is 23.1 Å². The average Bonchev–Trinajstić information content (AvgIpc) is 3.40. The molecule has 2 amide bonds. The maximum Gasteiger partial charge on any atom is 0.306 e. The molecule has 0 saturated carbocycles. The summed E-state index contributed by atoms with van der Waals surface area (Å²) in [5.74, 6) is 0.274. The van der Waals surface area contributed by atoms with Crippen molar-refractivity contribution in [3.8, 4) is 11.1 Å². The van der Waals surface area contributed by atoms with Crippen molar-refractivity contribution in [2.24, 2.45) is 5.10 Å². The van der Waals surface area contributed by atoms with Crippen molar-refractivity contribution in [1.82, 2.24) is 10.9 Å². The van der Waals surface area contributed by atoms with Gasteiger partial charge in [-0.15, -0.1) is 0 Å². The number of nitrogens with zero attached hydrogens (tertiary/aromatic N) is 2. The van der Waals surface area contributed by atoms with Crippen molar-refractivity contribution >= 4 is 28.9 Å². The first-order valence-electron chi connectivity index (χ1n) is 13.9. The Hall–Kier alpha value is -5.43. The highest BCUT2D eigenvalue weighted by Crippen LogP contribution is 2.31. The minimum absolute atomic E-state index is 0.231. The predicted octanol–water partition coefficient (Wildman–Crippen LogP) is 7.21. The lowest BCUT2D eigenvalue weighted by Gasteiger charge is -2.25. The average molecular weight is 555 g/mol. The van der Waals surface area contributed by atoms with Gasteiger partial charge >= 0.3 is 5.91 Å². The molecule has 7 nitrogen and oxygen atoms in total. The minimum atomic E-state index is -0.364. The van der Waals surface area contributed by atoms with E-state index in [0.717, 1.165) is 34.5 Å². The maximum atomic E-state index is 13.6. The van der Waals surface area contributed by atoms with Crippen LogP contribution in [-0.2, 0) is 6.42 Å². The van der Waals surface area contributed by atoms with Gasteiger partial charge in [0.15, 0.2) is 5.76 Å². The van der Waals surface area contributed by atoms with E-state index < -0.39 is 0 Å². The number of hydrogen-bond acceptors (Lipinski definition) is 5. The molecule has 1 aliphatic carbocycles. The standard InChI is InChI=1S/C35H30N4O3/c1-24-32-30(36-37-34(40)27-22-20-26(21-23-27)25-12-5-2-6-13-25)18-11-19-31(32)42-33(24)35(41)38-39(28-14-7-3-8-15-28)29-16-9-4-10-17-29/h2-10,12-17,20-23H,11,18-19H2,1H3,(H,37,40)(H,38,41)/b36-30+. The number of furan rings is 1. The molecular weight excluding hydrogens is 524 g/mol. The molecule has 0 unspecified atom stereocenters. The fourth-order valence-electron chi connectivity index (χ4n) is 5.21. The van der Waals surface area contributed by atoms with Crippen molar-refractivity contribution in [2.75, 3.05) is 5.01 Å². The molecule has 1 aliphatic rings. The molecule has 2 N–H and O–H groups in total. The van der Waals surface area contributed by atoms with E-state index in [0.29, 0.717) is 35.4 Å². The van der Waals surface area contributed by atoms with E-state index in [1.54, 1.807) is 17.1 Å². The van der Waals surface area contributed by atoms with E-state index in [1.807, 2.05) is 110 Å². The molecule has 6 rings (SSSR count). The quantitative estimate of drug-likeness (QED) is 0.208. The topological polar surface area (TPSA) is 86.9 Å². The number of aryl methyl sites for hydroxylation is 1. The Bertz CT molecular complexity index is 1690. The number of nitrogens with one attached hydrogen (secondary N) is 2. The Morgan fingerprint density at radius 1 is 0.714 bits per heavy atom. The third-order valence-corrected chi connectivity index (χ3v) is 7.32. The summed E-state index contributed by atoms with van der Waals surface area (Å²) in [6.07, 6.45) is 2.17. The summed E-state index contributed by atoms with van der Waals surface area (Å²) in [5, 5.41) is 6.22. The van der Waals surface area contributed by atoms with Gasteiger partial charge in [-0.3, -0.25) is 20.0 Å². The van der Waals surface area contributed by atoms with Crippen LogP contribution in [0.25, 0.3) is 11.1 Å². The number of rotatable bonds is 7. The smallest absolute Gasteiger partial charge is 0.306 e. The number of amides is 2. The number of benzene rings is 4. The second-order valence-corrected chi connectivity index (χ2v) is 10.1. The Kier molecular flexibility index (Phi) is 7.64. The summed E-state index contributed by atoms with van der Waals surface area (Å²) in [4.78, 5) is 26.5. The number of hydrogen-bond donors (Lipinski definition) is 2. The first-order chi connectivity index (χ1) is 20.6. The van der Waals surface area contributed by atoms with Gasteiger partial charge in [0.1, 0.15) is 5.76 Å². The molecule has 42 heavy (non-hydrogen) atoms. The van der Waals surface area contributed by atoms with E-state index in [1.165, 1.54) is 0 Å². The molecule has 7 heteroatoms. The van der Waals surface area contributed by atoms with Gasteiger partial charge < -0.3 is 4.42 Å². The molecule has 0 atom stereocenters. The largest absolute Gasteiger partial charge is 0.455 e. The Morgan fingerprint density at radius 3 is 1.90 bits per heavy atom. The van der Waals surface area contributed by atoms with Crippen molar-refractivity contribution in [1.29, 1.82) is 0 Å². The normalized spacial score (nSPS) is 13.3. The summed E-state index contributed by atoms with van der Waals surface area (Å²) in [6, 6.07) is 36.7. The number of hydrazine groups is 1. The second-order valence-electron chi connectivity index (χ2n) is 10.1. The molecule has 1 aromatic heterocycles. The van der Waals surface area contributed by atoms with Gasteiger partial charge in [0.05, 0.1) is 17.1 Å². The third-order valence-electron chi connectivity index (χ3n) is 7.32. The molecular formula is C35H30N4O3. The second kappa shape index (κ2) is 12.0. The van der Waals surface area contributed by atoms with E-state index in [9.17, 15) is 9.59 Å². The van der Waals surface area contributed by atoms with Crippen molar-refractivity contribution in [3.05, 3.63) is 143 Å². The SMILES string of the molecule is Cc1c(C(=O)NN(c2ccccc2)c2ccccc2)oc2c1/C(=N/NC(=O)c1ccc(-c3ccccc3)cc1)CCC2. The van der Waals surface area contributed by atoms with Gasteiger partial charge in [-0.05, 0) is 67.3 Å². The van der Waals surface area contributed by atoms with Crippen molar-refractivity contribution < 1.29 is 14.0 Å². The summed E-state index contributed by atoms with van der Waals surface area (Å²) in [5.41, 5.74) is 12.2. The molecule has 1 heterocycles. The zero-order valence-corrected chi connectivity index (χ0v) is 23.2. The summed E-state index contributed by atoms with van der Waals surface area (Å²) in [6.45, 7) is 1.86. The first kappa shape index (κ1) is 26.8. The number of anilines is 2. The van der Waals surface area contributed by atoms with Crippen LogP contribution in [0.2, 0.25) is 0 Å². The van der Waals surface area contributed by atoms with Crippen LogP contribution in [0.4, 0.5) is 11.4 Å². The molecule has 0 saturated heterocycles. The van der Waals surface area contributed by atoms with Crippen LogP contribution in [-0.4, -0.2) is 17.5 Å². The zero-order chi connectivity index (χ0) is 28.9. The highest BCUT2D eigenvalue weighted by Gasteiger charge is 2.29. The maximum absolute atomic E-state index is 13.6. The van der Waals surface area contributed by atoms with Crippen molar-refractivity contribution in [2.45, 2.75) is 26.2 Å². The third kappa shape index (κ3) is 5.58. The van der Waals surface area contributed by atoms with Crippen LogP contribution in [0.3, 0.4) is 0 Å². The van der Waals surface area contributed by atoms with Crippen LogP contribution in [0.1, 0.15) is 50.6 Å². The lowest BCUT2D eigenvalue weighted by molar-refractivity contribution is 0.0921. The van der Waals surface area contributed by atoms with Crippen LogP contribution in [0.15, 0.2) is 125 Å². The molecule has 0 fully saturated rings. The van der Waals surface area contributed by atoms with Gasteiger partial charge in [-0.2, -0.15) is 5.10 Å². The molecule has 5 aromatic rings. The van der Waals surface area contributed by atoms with Crippen molar-refractivity contribution in [3.63, 3.8) is 0 Å². The van der Waals surface area contributed by atoms with E-state index in [4.69, 9.17) is 4.42 Å². The van der Waals surface area contributed by atoms with E-state index in [-0.39, 0.29) is 17.6 Å². The fraction of sp³-hybridized carbons (Fsp3) is 0.114. The number of carbonyl (C=O) groups is 2. The van der Waals surface area contributed by atoms with Crippen LogP contribution in [0, 0.1) is 6.92 Å². The monoisotopic (exact) mass is 554 g/mol. The van der Waals surface area contributed by atoms with Crippen LogP contribution in [0.5, 0.6) is 0 Å². The van der Waals surface area contributed by atoms with E-state index >= 15 is 0 Å². The fourth-order valence-corrected chi connectivity index (χ4v) is 5.21. The molecule has 0 radical (unpaired) electrons. The van der Waals surface area contributed by atoms with Crippen LogP contribution < -0.4 is 15.9 Å². The molecule has 0 bridgehead atoms. The van der Waals surface area contributed by atoms with Gasteiger partial charge in [-0.25, -0.2) is 5.43 Å². The van der Waals surface area contributed by atoms with E-state index in [2.05, 4.69) is 16.0 Å². The zero-order valence-electron chi connectivity index (χ0n) is 23.2. The van der Waals surface area contributed by atoms with Gasteiger partial charge in [0.2, 0.25) is 0 Å². The highest BCUT2D eigenvalue weighted by molar-refractivity contribution is 6.07. The Morgan fingerprint density at radius 2 is 1.29 bits per heavy atom. The minimum Gasteiger partial charge on any atom is -0.455 e. The van der Waals surface area contributed by atoms with Gasteiger partial charge in [0.25, 0.3) is 5.91 Å². The Labute approximate surface area is 244 Å². The number of hydrazone groups is 1. The lowest BCUT2D eigenvalue weighted by Crippen LogP contribution is -2.39. The predicted molar refractivity (Wildman–Crippen MR) is 165 cm³/mol. The number of para-hydroxylation sites is 2. The lowest BCUT2D eigenvalue weighted by atomic mass is 9.93. The molecule has 208 valence electrons. The summed E-state index contributed by atoms with van der Waals surface area (Å²) < 4.78 is 6.12. The number of carbonyl (C=O) groups excluding carboxylic acids is 2. The van der Waals surface area contributed by atoms with Crippen LogP contribution >= 0.6 is 0 Å². The van der Waals surface area contributed by atoms with Gasteiger partial charge in [-0.1, -0.05) is 78.9 Å².